The number of methoxy groups -OCH3 is 1. The van der Waals surface area contributed by atoms with Crippen LogP contribution in [0.3, 0.4) is 0 Å². The number of hydrogen-bond donors (Lipinski definition) is 4. The third-order valence-electron chi connectivity index (χ3n) is 4.00. The zero-order chi connectivity index (χ0) is 15.3. The Labute approximate surface area is 125 Å². The highest BCUT2D eigenvalue weighted by Gasteiger charge is 2.31. The highest BCUT2D eigenvalue weighted by Crippen LogP contribution is 2.31. The Hall–Kier alpha value is -1.44. The Kier molecular flexibility index (Phi) is 5.33. The van der Waals surface area contributed by atoms with Crippen molar-refractivity contribution in [2.45, 2.75) is 44.8 Å². The van der Waals surface area contributed by atoms with Crippen LogP contribution in [0.25, 0.3) is 0 Å². The fourth-order valence-electron chi connectivity index (χ4n) is 2.59. The first-order valence-corrected chi connectivity index (χ1v) is 7.34. The van der Waals surface area contributed by atoms with Gasteiger partial charge in [-0.3, -0.25) is 0 Å². The molecule has 0 unspecified atom stereocenters. The number of hydrazine groups is 1. The first kappa shape index (κ1) is 15.9. The minimum Gasteiger partial charge on any atom is -0.388 e. The fraction of sp³-hybridized carbons (Fsp3) is 0.714. The topological polar surface area (TPSA) is 105 Å². The molecule has 1 heterocycles. The molecule has 7 heteroatoms. The van der Waals surface area contributed by atoms with Gasteiger partial charge in [0.1, 0.15) is 18.2 Å². The van der Waals surface area contributed by atoms with Gasteiger partial charge in [0.25, 0.3) is 0 Å². The van der Waals surface area contributed by atoms with Crippen LogP contribution in [0.5, 0.6) is 0 Å². The summed E-state index contributed by atoms with van der Waals surface area (Å²) in [4.78, 5) is 8.54. The van der Waals surface area contributed by atoms with Crippen molar-refractivity contribution in [2.24, 2.45) is 11.8 Å². The number of rotatable bonds is 6. The zero-order valence-electron chi connectivity index (χ0n) is 12.7. The van der Waals surface area contributed by atoms with E-state index in [1.54, 1.807) is 13.2 Å². The third-order valence-corrected chi connectivity index (χ3v) is 4.00. The smallest absolute Gasteiger partial charge is 0.158 e. The van der Waals surface area contributed by atoms with Crippen LogP contribution in [0.4, 0.5) is 11.6 Å². The van der Waals surface area contributed by atoms with E-state index in [1.807, 2.05) is 0 Å². The molecular formula is C14H25N5O2. The molecule has 2 rings (SSSR count). The molecule has 1 saturated carbocycles. The van der Waals surface area contributed by atoms with E-state index in [2.05, 4.69) is 27.6 Å². The van der Waals surface area contributed by atoms with Crippen molar-refractivity contribution in [1.29, 1.82) is 0 Å². The number of nitrogens with one attached hydrogen (secondary N) is 2. The number of aromatic nitrogens is 2. The van der Waals surface area contributed by atoms with Gasteiger partial charge in [0.05, 0.1) is 5.60 Å². The Morgan fingerprint density at radius 2 is 2.05 bits per heavy atom. The van der Waals surface area contributed by atoms with Gasteiger partial charge >= 0.3 is 0 Å². The Balaban J connectivity index is 2.00. The van der Waals surface area contributed by atoms with Crippen molar-refractivity contribution in [3.05, 3.63) is 11.9 Å². The summed E-state index contributed by atoms with van der Waals surface area (Å²) >= 11 is 0. The zero-order valence-corrected chi connectivity index (χ0v) is 12.7. The molecule has 0 saturated heterocycles. The van der Waals surface area contributed by atoms with Crippen molar-refractivity contribution >= 4 is 11.6 Å². The van der Waals surface area contributed by atoms with E-state index in [1.165, 1.54) is 0 Å². The van der Waals surface area contributed by atoms with E-state index >= 15 is 0 Å². The summed E-state index contributed by atoms with van der Waals surface area (Å²) < 4.78 is 5.04. The van der Waals surface area contributed by atoms with Crippen molar-refractivity contribution in [1.82, 2.24) is 9.97 Å². The maximum atomic E-state index is 10.6. The molecule has 1 aromatic rings. The monoisotopic (exact) mass is 295 g/mol. The van der Waals surface area contributed by atoms with Crippen LogP contribution in [0.1, 0.15) is 38.4 Å². The van der Waals surface area contributed by atoms with Gasteiger partial charge in [0.15, 0.2) is 5.82 Å². The molecule has 118 valence electrons. The lowest BCUT2D eigenvalue weighted by molar-refractivity contribution is 0.00494. The quantitative estimate of drug-likeness (QED) is 0.462. The first-order chi connectivity index (χ1) is 10.0. The molecule has 0 spiro atoms. The molecule has 1 aromatic heterocycles. The summed E-state index contributed by atoms with van der Waals surface area (Å²) in [6.45, 7) is 3.02. The number of anilines is 2. The van der Waals surface area contributed by atoms with E-state index in [0.717, 1.165) is 25.7 Å². The Morgan fingerprint density at radius 1 is 1.38 bits per heavy atom. The maximum absolute atomic E-state index is 10.6. The second kappa shape index (κ2) is 7.02. The van der Waals surface area contributed by atoms with E-state index < -0.39 is 5.60 Å². The SMILES string of the molecule is COCc1nc(NN)cc(NCC2(O)CCC(C)CC2)n1. The van der Waals surface area contributed by atoms with Crippen molar-refractivity contribution in [3.8, 4) is 0 Å². The second-order valence-corrected chi connectivity index (χ2v) is 5.89. The van der Waals surface area contributed by atoms with Gasteiger partial charge < -0.3 is 20.6 Å². The minimum absolute atomic E-state index is 0.311. The largest absolute Gasteiger partial charge is 0.388 e. The summed E-state index contributed by atoms with van der Waals surface area (Å²) in [5, 5.41) is 13.8. The van der Waals surface area contributed by atoms with Gasteiger partial charge in [-0.1, -0.05) is 6.92 Å². The average Bonchev–Trinajstić information content (AvgIpc) is 2.49. The average molecular weight is 295 g/mol. The molecule has 1 fully saturated rings. The van der Waals surface area contributed by atoms with Crippen LogP contribution in [0.15, 0.2) is 6.07 Å². The summed E-state index contributed by atoms with van der Waals surface area (Å²) in [5.74, 6) is 7.80. The number of nitrogen functional groups attached to an aromatic ring is 1. The molecule has 0 aromatic carbocycles. The predicted molar refractivity (Wildman–Crippen MR) is 81.6 cm³/mol. The first-order valence-electron chi connectivity index (χ1n) is 7.34. The molecule has 0 amide bonds. The van der Waals surface area contributed by atoms with Gasteiger partial charge in [-0.2, -0.15) is 0 Å². The van der Waals surface area contributed by atoms with Crippen molar-refractivity contribution < 1.29 is 9.84 Å². The third kappa shape index (κ3) is 4.52. The van der Waals surface area contributed by atoms with Gasteiger partial charge in [-0.15, -0.1) is 0 Å². The van der Waals surface area contributed by atoms with E-state index in [0.29, 0.717) is 36.5 Å². The molecule has 7 nitrogen and oxygen atoms in total. The number of nitrogens with two attached hydrogens (primary N) is 1. The van der Waals surface area contributed by atoms with Gasteiger partial charge in [0, 0.05) is 19.7 Å². The maximum Gasteiger partial charge on any atom is 0.158 e. The van der Waals surface area contributed by atoms with E-state index in [-0.39, 0.29) is 0 Å². The molecule has 1 aliphatic rings. The Morgan fingerprint density at radius 3 is 2.67 bits per heavy atom. The number of hydrogen-bond acceptors (Lipinski definition) is 7. The van der Waals surface area contributed by atoms with Crippen LogP contribution in [0, 0.1) is 5.92 Å². The normalized spacial score (nSPS) is 25.6. The molecule has 21 heavy (non-hydrogen) atoms. The standard InChI is InChI=1S/C14H25N5O2/c1-10-3-5-14(20,6-4-10)9-16-11-7-12(19-15)18-13(17-11)8-21-2/h7,10,20H,3-6,8-9,15H2,1-2H3,(H2,16,17,18,19). The van der Waals surface area contributed by atoms with Crippen LogP contribution in [-0.2, 0) is 11.3 Å². The number of nitrogens with zero attached hydrogens (tertiary/aromatic N) is 2. The lowest BCUT2D eigenvalue weighted by Gasteiger charge is -2.35. The van der Waals surface area contributed by atoms with Crippen LogP contribution >= 0.6 is 0 Å². The molecule has 0 atom stereocenters. The fourth-order valence-corrected chi connectivity index (χ4v) is 2.59. The van der Waals surface area contributed by atoms with Gasteiger partial charge in [-0.05, 0) is 31.6 Å². The number of ether oxygens (including phenoxy) is 1. The van der Waals surface area contributed by atoms with Crippen LogP contribution in [-0.4, -0.2) is 34.3 Å². The Bertz CT molecular complexity index is 461. The van der Waals surface area contributed by atoms with Gasteiger partial charge in [-0.25, -0.2) is 15.8 Å². The summed E-state index contributed by atoms with van der Waals surface area (Å²) in [6.07, 6.45) is 3.76. The summed E-state index contributed by atoms with van der Waals surface area (Å²) in [6, 6.07) is 1.72. The molecular weight excluding hydrogens is 270 g/mol. The molecule has 0 bridgehead atoms. The van der Waals surface area contributed by atoms with Crippen molar-refractivity contribution in [2.75, 3.05) is 24.4 Å². The summed E-state index contributed by atoms with van der Waals surface area (Å²) in [7, 11) is 1.59. The van der Waals surface area contributed by atoms with Crippen LogP contribution < -0.4 is 16.6 Å². The molecule has 1 aliphatic carbocycles. The lowest BCUT2D eigenvalue weighted by atomic mass is 9.79. The van der Waals surface area contributed by atoms with E-state index in [4.69, 9.17) is 10.6 Å². The molecule has 0 radical (unpaired) electrons. The summed E-state index contributed by atoms with van der Waals surface area (Å²) in [5.41, 5.74) is 1.85. The van der Waals surface area contributed by atoms with E-state index in [9.17, 15) is 5.11 Å². The second-order valence-electron chi connectivity index (χ2n) is 5.89. The van der Waals surface area contributed by atoms with Gasteiger partial charge in [0.2, 0.25) is 0 Å². The van der Waals surface area contributed by atoms with Crippen LogP contribution in [0.2, 0.25) is 0 Å². The van der Waals surface area contributed by atoms with Crippen molar-refractivity contribution in [3.63, 3.8) is 0 Å². The molecule has 0 aliphatic heterocycles. The molecule has 5 N–H and O–H groups in total. The highest BCUT2D eigenvalue weighted by molar-refractivity contribution is 5.47. The number of aliphatic hydroxyl groups is 1. The lowest BCUT2D eigenvalue weighted by Crippen LogP contribution is -2.40. The minimum atomic E-state index is -0.658. The highest BCUT2D eigenvalue weighted by atomic mass is 16.5. The predicted octanol–water partition coefficient (Wildman–Crippen LogP) is 1.26.